The smallest absolute Gasteiger partial charge is 0.427 e. The average Bonchev–Trinajstić information content (AvgIpc) is 2.70. The van der Waals surface area contributed by atoms with E-state index in [2.05, 4.69) is 12.1 Å². The first kappa shape index (κ1) is 14.6. The minimum atomic E-state index is -1.00. The van der Waals surface area contributed by atoms with Crippen LogP contribution in [0.1, 0.15) is 38.8 Å². The summed E-state index contributed by atoms with van der Waals surface area (Å²) in [6, 6.07) is 8.25. The van der Waals surface area contributed by atoms with Crippen LogP contribution in [-0.2, 0) is 17.5 Å². The Labute approximate surface area is 115 Å². The zero-order valence-corrected chi connectivity index (χ0v) is 12.2. The molecule has 0 bridgehead atoms. The predicted molar refractivity (Wildman–Crippen MR) is 77.0 cm³/mol. The quantitative estimate of drug-likeness (QED) is 0.818. The van der Waals surface area contributed by atoms with Crippen LogP contribution in [0.15, 0.2) is 24.3 Å². The van der Waals surface area contributed by atoms with Crippen molar-refractivity contribution >= 4 is 7.12 Å². The van der Waals surface area contributed by atoms with Crippen molar-refractivity contribution in [3.05, 3.63) is 35.4 Å². The van der Waals surface area contributed by atoms with Crippen molar-refractivity contribution in [1.29, 1.82) is 0 Å². The molecule has 1 aromatic carbocycles. The highest BCUT2D eigenvalue weighted by atomic mass is 16.5. The van der Waals surface area contributed by atoms with E-state index in [9.17, 15) is 10.1 Å². The molecule has 0 heterocycles. The first-order chi connectivity index (χ1) is 8.71. The van der Waals surface area contributed by atoms with Gasteiger partial charge in [0.15, 0.2) is 0 Å². The van der Waals surface area contributed by atoms with Gasteiger partial charge in [-0.1, -0.05) is 24.3 Å². The Balaban J connectivity index is 2.02. The monoisotopic (exact) mass is 262 g/mol. The molecule has 0 fully saturated rings. The fourth-order valence-corrected chi connectivity index (χ4v) is 2.34. The Kier molecular flexibility index (Phi) is 3.78. The summed E-state index contributed by atoms with van der Waals surface area (Å²) in [5.74, 6) is 0.0685. The second-order valence-electron chi connectivity index (χ2n) is 6.51. The van der Waals surface area contributed by atoms with Gasteiger partial charge >= 0.3 is 7.12 Å². The molecule has 0 spiro atoms. The van der Waals surface area contributed by atoms with Crippen LogP contribution in [0.2, 0.25) is 5.82 Å². The third-order valence-corrected chi connectivity index (χ3v) is 4.37. The van der Waals surface area contributed by atoms with Gasteiger partial charge in [-0.05, 0) is 51.7 Å². The van der Waals surface area contributed by atoms with Gasteiger partial charge in [-0.25, -0.2) is 0 Å². The number of hydrogen-bond donors (Lipinski definition) is 2. The molecule has 0 atom stereocenters. The molecule has 1 aliphatic rings. The van der Waals surface area contributed by atoms with Gasteiger partial charge in [0, 0.05) is 5.82 Å². The lowest BCUT2D eigenvalue weighted by atomic mass is 9.69. The highest BCUT2D eigenvalue weighted by molar-refractivity contribution is 6.45. The van der Waals surface area contributed by atoms with Gasteiger partial charge in [-0.2, -0.15) is 0 Å². The van der Waals surface area contributed by atoms with Crippen LogP contribution in [0.5, 0.6) is 0 Å². The van der Waals surface area contributed by atoms with Gasteiger partial charge in [0.05, 0.1) is 11.2 Å². The predicted octanol–water partition coefficient (Wildman–Crippen LogP) is 2.20. The molecule has 3 nitrogen and oxygen atoms in total. The summed E-state index contributed by atoms with van der Waals surface area (Å²) < 4.78 is 5.72. The number of rotatable bonds is 4. The SMILES string of the molecule is CC(C)(O)C(C)(C)OB(O)C1Cc2ccccc2C1. The molecule has 104 valence electrons. The van der Waals surface area contributed by atoms with Gasteiger partial charge < -0.3 is 14.8 Å². The minimum absolute atomic E-state index is 0.0685. The molecule has 0 saturated heterocycles. The first-order valence-corrected chi connectivity index (χ1v) is 6.86. The van der Waals surface area contributed by atoms with Crippen LogP contribution < -0.4 is 0 Å². The van der Waals surface area contributed by atoms with E-state index in [-0.39, 0.29) is 5.82 Å². The standard InChI is InChI=1S/C15H23BO3/c1-14(2,17)15(3,4)19-16(18)13-9-11-7-5-6-8-12(11)10-13/h5-8,13,17-18H,9-10H2,1-4H3. The Bertz CT molecular complexity index is 426. The van der Waals surface area contributed by atoms with Crippen molar-refractivity contribution in [2.24, 2.45) is 0 Å². The highest BCUT2D eigenvalue weighted by Crippen LogP contribution is 2.35. The van der Waals surface area contributed by atoms with E-state index in [1.807, 2.05) is 12.1 Å². The Morgan fingerprint density at radius 1 is 1.11 bits per heavy atom. The van der Waals surface area contributed by atoms with E-state index in [1.54, 1.807) is 27.7 Å². The topological polar surface area (TPSA) is 49.7 Å². The zero-order valence-electron chi connectivity index (χ0n) is 12.2. The van der Waals surface area contributed by atoms with E-state index in [4.69, 9.17) is 4.65 Å². The molecule has 2 N–H and O–H groups in total. The van der Waals surface area contributed by atoms with Crippen LogP contribution in [0.25, 0.3) is 0 Å². The fourth-order valence-electron chi connectivity index (χ4n) is 2.34. The number of fused-ring (bicyclic) bond motifs is 1. The zero-order chi connectivity index (χ0) is 14.3. The molecule has 2 rings (SSSR count). The van der Waals surface area contributed by atoms with E-state index < -0.39 is 18.3 Å². The lowest BCUT2D eigenvalue weighted by Gasteiger charge is -2.39. The van der Waals surface area contributed by atoms with Gasteiger partial charge in [0.2, 0.25) is 0 Å². The maximum Gasteiger partial charge on any atom is 0.458 e. The molecule has 0 radical (unpaired) electrons. The maximum atomic E-state index is 10.3. The molecular weight excluding hydrogens is 239 g/mol. The molecule has 0 unspecified atom stereocenters. The van der Waals surface area contributed by atoms with Crippen molar-refractivity contribution in [2.45, 2.75) is 57.6 Å². The average molecular weight is 262 g/mol. The number of hydrogen-bond acceptors (Lipinski definition) is 3. The third-order valence-electron chi connectivity index (χ3n) is 4.37. The van der Waals surface area contributed by atoms with Crippen molar-refractivity contribution in [3.8, 4) is 0 Å². The van der Waals surface area contributed by atoms with Crippen molar-refractivity contribution in [2.75, 3.05) is 0 Å². The van der Waals surface area contributed by atoms with Gasteiger partial charge in [-0.15, -0.1) is 0 Å². The van der Waals surface area contributed by atoms with Crippen molar-refractivity contribution in [1.82, 2.24) is 0 Å². The molecule has 0 saturated carbocycles. The Morgan fingerprint density at radius 2 is 1.58 bits per heavy atom. The molecule has 0 aromatic heterocycles. The second kappa shape index (κ2) is 4.93. The minimum Gasteiger partial charge on any atom is -0.427 e. The van der Waals surface area contributed by atoms with Crippen LogP contribution >= 0.6 is 0 Å². The summed E-state index contributed by atoms with van der Waals surface area (Å²) in [7, 11) is -0.853. The first-order valence-electron chi connectivity index (χ1n) is 6.86. The fraction of sp³-hybridized carbons (Fsp3) is 0.600. The normalized spacial score (nSPS) is 16.5. The van der Waals surface area contributed by atoms with Crippen LogP contribution in [0.4, 0.5) is 0 Å². The Hall–Kier alpha value is -0.835. The van der Waals surface area contributed by atoms with Crippen LogP contribution in [-0.4, -0.2) is 28.5 Å². The molecular formula is C15H23BO3. The summed E-state index contributed by atoms with van der Waals surface area (Å²) in [6.45, 7) is 7.00. The van der Waals surface area contributed by atoms with E-state index in [0.29, 0.717) is 0 Å². The highest BCUT2D eigenvalue weighted by Gasteiger charge is 2.42. The summed E-state index contributed by atoms with van der Waals surface area (Å²) in [5, 5.41) is 20.4. The maximum absolute atomic E-state index is 10.3. The van der Waals surface area contributed by atoms with Crippen molar-refractivity contribution < 1.29 is 14.8 Å². The summed E-state index contributed by atoms with van der Waals surface area (Å²) in [6.07, 6.45) is 1.67. The van der Waals surface area contributed by atoms with Gasteiger partial charge in [0.25, 0.3) is 0 Å². The summed E-state index contributed by atoms with van der Waals surface area (Å²) >= 11 is 0. The number of benzene rings is 1. The molecule has 1 aliphatic carbocycles. The lowest BCUT2D eigenvalue weighted by molar-refractivity contribution is -0.101. The van der Waals surface area contributed by atoms with Crippen LogP contribution in [0, 0.1) is 0 Å². The number of aliphatic hydroxyl groups is 1. The molecule has 19 heavy (non-hydrogen) atoms. The van der Waals surface area contributed by atoms with E-state index in [0.717, 1.165) is 12.8 Å². The van der Waals surface area contributed by atoms with Gasteiger partial charge in [0.1, 0.15) is 0 Å². The Morgan fingerprint density at radius 3 is 2.00 bits per heavy atom. The lowest BCUT2D eigenvalue weighted by Crippen LogP contribution is -2.51. The molecule has 0 amide bonds. The summed E-state index contributed by atoms with van der Waals surface area (Å²) in [5.41, 5.74) is 0.785. The second-order valence-corrected chi connectivity index (χ2v) is 6.51. The molecule has 0 aliphatic heterocycles. The third kappa shape index (κ3) is 3.02. The van der Waals surface area contributed by atoms with Crippen molar-refractivity contribution in [3.63, 3.8) is 0 Å². The van der Waals surface area contributed by atoms with E-state index >= 15 is 0 Å². The van der Waals surface area contributed by atoms with E-state index in [1.165, 1.54) is 11.1 Å². The molecule has 1 aromatic rings. The van der Waals surface area contributed by atoms with Gasteiger partial charge in [-0.3, -0.25) is 0 Å². The van der Waals surface area contributed by atoms with Crippen LogP contribution in [0.3, 0.4) is 0 Å². The largest absolute Gasteiger partial charge is 0.458 e. The molecule has 4 heteroatoms. The summed E-state index contributed by atoms with van der Waals surface area (Å²) in [4.78, 5) is 0.